The molecule has 33 heavy (non-hydrogen) atoms. The van der Waals surface area contributed by atoms with Crippen molar-refractivity contribution in [2.75, 3.05) is 11.9 Å². The molecule has 3 aromatic carbocycles. The molecule has 0 saturated heterocycles. The van der Waals surface area contributed by atoms with Crippen molar-refractivity contribution in [3.05, 3.63) is 107 Å². The molecule has 1 heterocycles. The number of halogens is 1. The van der Waals surface area contributed by atoms with Crippen LogP contribution in [0, 0.1) is 6.92 Å². The molecule has 0 atom stereocenters. The van der Waals surface area contributed by atoms with E-state index in [0.717, 1.165) is 24.0 Å². The van der Waals surface area contributed by atoms with Crippen LogP contribution in [0.1, 0.15) is 17.0 Å². The van der Waals surface area contributed by atoms with Gasteiger partial charge in [0, 0.05) is 0 Å². The molecule has 0 amide bonds. The summed E-state index contributed by atoms with van der Waals surface area (Å²) >= 11 is 7.54. The fraction of sp³-hybridized carbons (Fsp3) is 0.185. The van der Waals surface area contributed by atoms with Gasteiger partial charge in [0.15, 0.2) is 0 Å². The molecule has 6 heteroatoms. The molecule has 0 N–H and O–H groups in total. The summed E-state index contributed by atoms with van der Waals surface area (Å²) in [6.07, 6.45) is 2.14. The number of thioether (sulfide) groups is 1. The third kappa shape index (κ3) is 5.02. The van der Waals surface area contributed by atoms with Crippen molar-refractivity contribution in [2.45, 2.75) is 19.8 Å². The van der Waals surface area contributed by atoms with E-state index < -0.39 is 5.31 Å². The molecule has 0 aliphatic rings. The number of carbonyl (C=O) groups is 1. The third-order valence-electron chi connectivity index (χ3n) is 6.06. The summed E-state index contributed by atoms with van der Waals surface area (Å²) in [6.45, 7) is 2.03. The monoisotopic (exact) mass is 555 g/mol. The van der Waals surface area contributed by atoms with Crippen LogP contribution in [0.2, 0.25) is 0 Å². The molecular weight excluding hydrogens is 529 g/mol. The van der Waals surface area contributed by atoms with E-state index in [1.807, 2.05) is 12.4 Å². The first-order valence-electron chi connectivity index (χ1n) is 11.0. The van der Waals surface area contributed by atoms with Gasteiger partial charge < -0.3 is 0 Å². The number of aromatic nitrogens is 1. The van der Waals surface area contributed by atoms with Crippen LogP contribution in [0.3, 0.4) is 0 Å². The number of rotatable bonds is 9. The number of aryl methyl sites for hydroxylation is 2. The van der Waals surface area contributed by atoms with E-state index in [1.54, 1.807) is 11.3 Å². The number of nitrogens with zero attached hydrogens (tertiary/aromatic N) is 1. The van der Waals surface area contributed by atoms with E-state index in [9.17, 15) is 4.79 Å². The van der Waals surface area contributed by atoms with Crippen LogP contribution in [0.25, 0.3) is 0 Å². The van der Waals surface area contributed by atoms with Crippen LogP contribution >= 0.6 is 43.9 Å². The van der Waals surface area contributed by atoms with Crippen molar-refractivity contribution in [1.29, 1.82) is 0 Å². The standard InChI is InChI=1S/C27H27BrNOPS2/c1-22-26(33-21-29-22)18-20-32-27(30)17-19-31(28,23-11-5-2-6-12-23,24-13-7-3-8-14-24)25-15-9-4-10-16-25/h2-16,21H,17-20H2,1H3. The number of carbonyl (C=O) groups excluding carboxylic acids is 1. The second-order valence-electron chi connectivity index (χ2n) is 7.99. The van der Waals surface area contributed by atoms with Crippen LogP contribution in [0.5, 0.6) is 0 Å². The van der Waals surface area contributed by atoms with Crippen LogP contribution in [-0.2, 0) is 11.2 Å². The maximum absolute atomic E-state index is 13.1. The molecule has 0 unspecified atom stereocenters. The SMILES string of the molecule is Cc1ncsc1CCSC(=O)CCP(Br)(c1ccccc1)(c1ccccc1)c1ccccc1. The molecule has 0 spiro atoms. The third-order valence-corrected chi connectivity index (χ3v) is 17.9. The number of benzene rings is 3. The topological polar surface area (TPSA) is 30.0 Å². The van der Waals surface area contributed by atoms with E-state index >= 15 is 0 Å². The van der Waals surface area contributed by atoms with E-state index in [-0.39, 0.29) is 5.12 Å². The summed E-state index contributed by atoms with van der Waals surface area (Å²) in [4.78, 5) is 18.7. The average molecular weight is 557 g/mol. The zero-order valence-electron chi connectivity index (χ0n) is 18.6. The molecule has 0 saturated carbocycles. The molecule has 0 bridgehead atoms. The number of thiazole rings is 1. The van der Waals surface area contributed by atoms with Gasteiger partial charge in [0.05, 0.1) is 0 Å². The van der Waals surface area contributed by atoms with Crippen molar-refractivity contribution < 1.29 is 4.79 Å². The van der Waals surface area contributed by atoms with E-state index in [1.165, 1.54) is 32.6 Å². The summed E-state index contributed by atoms with van der Waals surface area (Å²) in [6, 6.07) is 32.0. The second kappa shape index (κ2) is 10.7. The molecule has 1 aromatic heterocycles. The van der Waals surface area contributed by atoms with Gasteiger partial charge in [0.25, 0.3) is 0 Å². The Morgan fingerprint density at radius 1 is 0.879 bits per heavy atom. The normalized spacial score (nSPS) is 12.7. The Morgan fingerprint density at radius 3 is 1.79 bits per heavy atom. The first-order valence-corrected chi connectivity index (χ1v) is 17.3. The van der Waals surface area contributed by atoms with Gasteiger partial charge >= 0.3 is 213 Å². The fourth-order valence-corrected chi connectivity index (χ4v) is 13.4. The molecule has 4 aromatic rings. The zero-order valence-corrected chi connectivity index (χ0v) is 22.7. The fourth-order valence-electron chi connectivity index (χ4n) is 4.25. The van der Waals surface area contributed by atoms with E-state index in [2.05, 4.69) is 111 Å². The minimum absolute atomic E-state index is 0.244. The average Bonchev–Trinajstić information content (AvgIpc) is 3.29. The van der Waals surface area contributed by atoms with Gasteiger partial charge in [-0.25, -0.2) is 0 Å². The molecule has 0 fully saturated rings. The Kier molecular flexibility index (Phi) is 7.86. The predicted molar refractivity (Wildman–Crippen MR) is 152 cm³/mol. The summed E-state index contributed by atoms with van der Waals surface area (Å²) in [5, 5.41) is 0.958. The Labute approximate surface area is 212 Å². The van der Waals surface area contributed by atoms with Gasteiger partial charge in [-0.15, -0.1) is 0 Å². The minimum atomic E-state index is -3.03. The van der Waals surface area contributed by atoms with Crippen molar-refractivity contribution in [2.24, 2.45) is 0 Å². The van der Waals surface area contributed by atoms with Crippen LogP contribution in [0.15, 0.2) is 96.5 Å². The molecule has 0 aliphatic heterocycles. The van der Waals surface area contributed by atoms with E-state index in [0.29, 0.717) is 6.42 Å². The number of hydrogen-bond acceptors (Lipinski definition) is 4. The Hall–Kier alpha value is -1.78. The summed E-state index contributed by atoms with van der Waals surface area (Å²) in [7, 11) is 0. The second-order valence-corrected chi connectivity index (χ2v) is 19.1. The van der Waals surface area contributed by atoms with Gasteiger partial charge in [0.2, 0.25) is 0 Å². The molecule has 0 aliphatic carbocycles. The Bertz CT molecular complexity index is 1100. The van der Waals surface area contributed by atoms with Crippen LogP contribution in [-0.4, -0.2) is 22.0 Å². The summed E-state index contributed by atoms with van der Waals surface area (Å²) in [5.74, 6) is 0.794. The van der Waals surface area contributed by atoms with Gasteiger partial charge in [-0.1, -0.05) is 0 Å². The molecule has 0 radical (unpaired) electrons. The van der Waals surface area contributed by atoms with Gasteiger partial charge in [-0.05, 0) is 0 Å². The van der Waals surface area contributed by atoms with Crippen molar-refractivity contribution in [1.82, 2.24) is 4.98 Å². The van der Waals surface area contributed by atoms with Crippen molar-refractivity contribution >= 4 is 64.9 Å². The summed E-state index contributed by atoms with van der Waals surface area (Å²) < 4.78 is 0. The first kappa shape index (κ1) is 24.3. The summed E-state index contributed by atoms with van der Waals surface area (Å²) in [5.41, 5.74) is 2.96. The van der Waals surface area contributed by atoms with Crippen LogP contribution in [0.4, 0.5) is 0 Å². The zero-order chi connectivity index (χ0) is 23.2. The molecule has 170 valence electrons. The Balaban J connectivity index is 1.66. The van der Waals surface area contributed by atoms with Gasteiger partial charge in [-0.3, -0.25) is 0 Å². The molecular formula is C27H27BrNOPS2. The molecule has 4 rings (SSSR count). The Morgan fingerprint density at radius 2 is 1.36 bits per heavy atom. The first-order chi connectivity index (χ1) is 16.0. The predicted octanol–water partition coefficient (Wildman–Crippen LogP) is 6.48. The maximum atomic E-state index is 13.1. The van der Waals surface area contributed by atoms with Gasteiger partial charge in [-0.2, -0.15) is 0 Å². The number of hydrogen-bond donors (Lipinski definition) is 0. The van der Waals surface area contributed by atoms with E-state index in [4.69, 9.17) is 0 Å². The van der Waals surface area contributed by atoms with Crippen molar-refractivity contribution in [3.63, 3.8) is 0 Å². The quantitative estimate of drug-likeness (QED) is 0.221. The van der Waals surface area contributed by atoms with Gasteiger partial charge in [0.1, 0.15) is 0 Å². The molecule has 2 nitrogen and oxygen atoms in total. The van der Waals surface area contributed by atoms with Crippen LogP contribution < -0.4 is 15.9 Å². The van der Waals surface area contributed by atoms with Crippen molar-refractivity contribution in [3.8, 4) is 0 Å².